The van der Waals surface area contributed by atoms with Gasteiger partial charge < -0.3 is 0 Å². The van der Waals surface area contributed by atoms with Crippen molar-refractivity contribution in [3.05, 3.63) is 104 Å². The lowest BCUT2D eigenvalue weighted by molar-refractivity contribution is -0.384. The van der Waals surface area contributed by atoms with E-state index in [9.17, 15) is 27.7 Å². The predicted molar refractivity (Wildman–Crippen MR) is 129 cm³/mol. The molecule has 4 aromatic rings. The Labute approximate surface area is 204 Å². The highest BCUT2D eigenvalue weighted by molar-refractivity contribution is 7.89. The Morgan fingerprint density at radius 2 is 1.77 bits per heavy atom. The number of fused-ring (bicyclic) bond motifs is 1. The smallest absolute Gasteiger partial charge is 0.268 e. The van der Waals surface area contributed by atoms with Crippen LogP contribution in [0.5, 0.6) is 0 Å². The SMILES string of the molecule is CC(c1nc2ccccc2c(=O)n1-c1ccc(F)cc1)N(C)S(=O)(=O)c1ccc(Cl)c([N+](=O)[O-])c1. The van der Waals surface area contributed by atoms with E-state index in [1.165, 1.54) is 42.8 Å². The molecule has 0 aliphatic carbocycles. The highest BCUT2D eigenvalue weighted by Gasteiger charge is 2.31. The molecule has 0 saturated heterocycles. The summed E-state index contributed by atoms with van der Waals surface area (Å²) in [4.78, 5) is 28.1. The normalized spacial score (nSPS) is 12.7. The van der Waals surface area contributed by atoms with E-state index in [4.69, 9.17) is 11.6 Å². The number of para-hydroxylation sites is 1. The zero-order chi connectivity index (χ0) is 25.5. The maximum Gasteiger partial charge on any atom is 0.289 e. The molecule has 0 saturated carbocycles. The van der Waals surface area contributed by atoms with Crippen LogP contribution in [0.2, 0.25) is 5.02 Å². The molecule has 1 atom stereocenters. The first-order chi connectivity index (χ1) is 16.5. The first-order valence-corrected chi connectivity index (χ1v) is 12.0. The highest BCUT2D eigenvalue weighted by atomic mass is 35.5. The Balaban J connectivity index is 1.89. The van der Waals surface area contributed by atoms with Gasteiger partial charge in [0.15, 0.2) is 0 Å². The zero-order valence-electron chi connectivity index (χ0n) is 18.4. The molecule has 12 heteroatoms. The average Bonchev–Trinajstić information content (AvgIpc) is 2.83. The Bertz CT molecular complexity index is 1620. The van der Waals surface area contributed by atoms with Crippen molar-refractivity contribution >= 4 is 38.2 Å². The average molecular weight is 517 g/mol. The monoisotopic (exact) mass is 516 g/mol. The number of nitro benzene ring substituents is 1. The lowest BCUT2D eigenvalue weighted by Gasteiger charge is -2.26. The fourth-order valence-corrected chi connectivity index (χ4v) is 5.13. The van der Waals surface area contributed by atoms with Crippen molar-refractivity contribution < 1.29 is 17.7 Å². The summed E-state index contributed by atoms with van der Waals surface area (Å²) in [6.45, 7) is 1.53. The molecule has 0 bridgehead atoms. The maximum atomic E-state index is 13.6. The predicted octanol–water partition coefficient (Wildman–Crippen LogP) is 4.47. The van der Waals surface area contributed by atoms with Gasteiger partial charge in [0, 0.05) is 13.1 Å². The fourth-order valence-electron chi connectivity index (χ4n) is 3.60. The summed E-state index contributed by atoms with van der Waals surface area (Å²) in [5.74, 6) is -0.427. The molecule has 4 rings (SSSR count). The molecule has 180 valence electrons. The van der Waals surface area contributed by atoms with E-state index >= 15 is 0 Å². The third-order valence-electron chi connectivity index (χ3n) is 5.60. The first-order valence-electron chi connectivity index (χ1n) is 10.2. The van der Waals surface area contributed by atoms with Crippen molar-refractivity contribution in [1.29, 1.82) is 0 Å². The number of rotatable bonds is 6. The van der Waals surface area contributed by atoms with Crippen molar-refractivity contribution in [3.8, 4) is 5.69 Å². The second kappa shape index (κ2) is 9.17. The second-order valence-electron chi connectivity index (χ2n) is 7.67. The number of nitro groups is 1. The standard InChI is InChI=1S/C23H18ClFN4O5S/c1-14(27(2)35(33,34)17-11-12-19(24)21(13-17)29(31)32)22-26-20-6-4-3-5-18(20)23(30)28(22)16-9-7-15(25)8-10-16/h3-14H,1-2H3. The molecule has 0 aliphatic heterocycles. The van der Waals surface area contributed by atoms with E-state index in [1.54, 1.807) is 24.3 Å². The van der Waals surface area contributed by atoms with Gasteiger partial charge in [0.25, 0.3) is 11.2 Å². The Hall–Kier alpha value is -3.67. The number of benzene rings is 3. The van der Waals surface area contributed by atoms with Gasteiger partial charge >= 0.3 is 0 Å². The summed E-state index contributed by atoms with van der Waals surface area (Å²) in [7, 11) is -3.00. The zero-order valence-corrected chi connectivity index (χ0v) is 20.0. The number of hydrogen-bond donors (Lipinski definition) is 0. The van der Waals surface area contributed by atoms with E-state index in [2.05, 4.69) is 4.98 Å². The summed E-state index contributed by atoms with van der Waals surface area (Å²) < 4.78 is 42.5. The lowest BCUT2D eigenvalue weighted by Crippen LogP contribution is -2.35. The van der Waals surface area contributed by atoms with Gasteiger partial charge in [0.1, 0.15) is 16.7 Å². The number of halogens is 2. The van der Waals surface area contributed by atoms with Crippen LogP contribution in [0, 0.1) is 15.9 Å². The van der Waals surface area contributed by atoms with Crippen molar-refractivity contribution in [2.45, 2.75) is 17.9 Å². The molecule has 3 aromatic carbocycles. The van der Waals surface area contributed by atoms with Crippen LogP contribution in [0.15, 0.2) is 76.4 Å². The molecule has 0 spiro atoms. The molecule has 0 fully saturated rings. The van der Waals surface area contributed by atoms with Gasteiger partial charge in [-0.1, -0.05) is 23.7 Å². The molecule has 9 nitrogen and oxygen atoms in total. The molecule has 0 N–H and O–H groups in total. The van der Waals surface area contributed by atoms with Gasteiger partial charge in [0.2, 0.25) is 10.0 Å². The van der Waals surface area contributed by atoms with E-state index in [0.29, 0.717) is 16.6 Å². The number of aromatic nitrogens is 2. The van der Waals surface area contributed by atoms with Crippen LogP contribution < -0.4 is 5.56 Å². The number of sulfonamides is 1. The van der Waals surface area contributed by atoms with E-state index in [0.717, 1.165) is 22.5 Å². The minimum Gasteiger partial charge on any atom is -0.268 e. The van der Waals surface area contributed by atoms with Crippen LogP contribution in [0.1, 0.15) is 18.8 Å². The van der Waals surface area contributed by atoms with Gasteiger partial charge in [-0.2, -0.15) is 4.31 Å². The third-order valence-corrected chi connectivity index (χ3v) is 7.84. The van der Waals surface area contributed by atoms with Crippen molar-refractivity contribution in [2.75, 3.05) is 7.05 Å². The Morgan fingerprint density at radius 3 is 2.43 bits per heavy atom. The molecule has 1 aromatic heterocycles. The molecular formula is C23H18ClFN4O5S. The van der Waals surface area contributed by atoms with Gasteiger partial charge in [0.05, 0.1) is 32.5 Å². The lowest BCUT2D eigenvalue weighted by atomic mass is 10.2. The van der Waals surface area contributed by atoms with Crippen molar-refractivity contribution in [3.63, 3.8) is 0 Å². The van der Waals surface area contributed by atoms with Gasteiger partial charge in [-0.25, -0.2) is 17.8 Å². The van der Waals surface area contributed by atoms with Crippen LogP contribution in [0.25, 0.3) is 16.6 Å². The molecular weight excluding hydrogens is 499 g/mol. The largest absolute Gasteiger partial charge is 0.289 e. The molecule has 0 radical (unpaired) electrons. The van der Waals surface area contributed by atoms with E-state index < -0.39 is 38.1 Å². The Kier molecular flexibility index (Phi) is 6.41. The first kappa shape index (κ1) is 24.5. The minimum atomic E-state index is -4.28. The molecule has 0 aliphatic rings. The van der Waals surface area contributed by atoms with Crippen LogP contribution in [-0.4, -0.2) is 34.2 Å². The van der Waals surface area contributed by atoms with Crippen LogP contribution in [0.3, 0.4) is 0 Å². The molecule has 1 heterocycles. The van der Waals surface area contributed by atoms with Crippen LogP contribution in [-0.2, 0) is 10.0 Å². The van der Waals surface area contributed by atoms with Gasteiger partial charge in [-0.15, -0.1) is 0 Å². The summed E-state index contributed by atoms with van der Waals surface area (Å²) in [5.41, 5.74) is -0.368. The minimum absolute atomic E-state index is 0.0786. The molecule has 0 amide bonds. The van der Waals surface area contributed by atoms with Crippen molar-refractivity contribution in [2.24, 2.45) is 0 Å². The van der Waals surface area contributed by atoms with E-state index in [-0.39, 0.29) is 15.7 Å². The Morgan fingerprint density at radius 1 is 1.11 bits per heavy atom. The number of nitrogens with zero attached hydrogens (tertiary/aromatic N) is 4. The number of hydrogen-bond acceptors (Lipinski definition) is 6. The summed E-state index contributed by atoms with van der Waals surface area (Å²) in [6, 6.07) is 13.9. The maximum absolute atomic E-state index is 13.6. The molecule has 1 unspecified atom stereocenters. The fraction of sp³-hybridized carbons (Fsp3) is 0.130. The topological polar surface area (TPSA) is 115 Å². The quantitative estimate of drug-likeness (QED) is 0.276. The van der Waals surface area contributed by atoms with Crippen LogP contribution in [0.4, 0.5) is 10.1 Å². The summed E-state index contributed by atoms with van der Waals surface area (Å²) >= 11 is 5.83. The summed E-state index contributed by atoms with van der Waals surface area (Å²) in [6.07, 6.45) is 0. The van der Waals surface area contributed by atoms with Crippen molar-refractivity contribution in [1.82, 2.24) is 13.9 Å². The van der Waals surface area contributed by atoms with E-state index in [1.807, 2.05) is 0 Å². The molecule has 35 heavy (non-hydrogen) atoms. The summed E-state index contributed by atoms with van der Waals surface area (Å²) in [5, 5.41) is 11.3. The third kappa shape index (κ3) is 4.41. The van der Waals surface area contributed by atoms with Crippen LogP contribution >= 0.6 is 11.6 Å². The highest BCUT2D eigenvalue weighted by Crippen LogP contribution is 2.31. The van der Waals surface area contributed by atoms with Gasteiger partial charge in [-0.05, 0) is 55.5 Å². The second-order valence-corrected chi connectivity index (χ2v) is 10.1. The van der Waals surface area contributed by atoms with Gasteiger partial charge in [-0.3, -0.25) is 19.5 Å².